The molecular formula is C28H20O2. The summed E-state index contributed by atoms with van der Waals surface area (Å²) in [6.07, 6.45) is 2.75. The minimum absolute atomic E-state index is 0.0409. The zero-order valence-electron chi connectivity index (χ0n) is 16.4. The standard InChI is InChI=1S/C28H20O2/c29-27(19-9-3-1-4-10-19)23-15-7-13-21-18-26-22(17-25(21)23)14-8-16-24(26)28(30)20-11-5-2-6-12-20/h1-17,29H,18H2/b27-23+. The first-order chi connectivity index (χ1) is 14.7. The van der Waals surface area contributed by atoms with Crippen LogP contribution in [0.15, 0.2) is 97.1 Å². The first-order valence-corrected chi connectivity index (χ1v) is 10.0. The summed E-state index contributed by atoms with van der Waals surface area (Å²) in [5.74, 6) is 0.308. The average molecular weight is 388 g/mol. The van der Waals surface area contributed by atoms with Gasteiger partial charge in [0.05, 0.1) is 0 Å². The summed E-state index contributed by atoms with van der Waals surface area (Å²) in [6.45, 7) is 0. The van der Waals surface area contributed by atoms with Gasteiger partial charge in [-0.25, -0.2) is 0 Å². The van der Waals surface area contributed by atoms with Crippen molar-refractivity contribution >= 4 is 17.6 Å². The van der Waals surface area contributed by atoms with Gasteiger partial charge in [-0.05, 0) is 34.4 Å². The highest BCUT2D eigenvalue weighted by molar-refractivity contribution is 6.10. The number of aliphatic hydroxyl groups is 1. The maximum absolute atomic E-state index is 13.1. The van der Waals surface area contributed by atoms with Gasteiger partial charge in [-0.1, -0.05) is 97.1 Å². The molecule has 0 aliphatic heterocycles. The highest BCUT2D eigenvalue weighted by Gasteiger charge is 2.19. The average Bonchev–Trinajstić information content (AvgIpc) is 2.82. The monoisotopic (exact) mass is 388 g/mol. The molecule has 0 saturated heterocycles. The molecule has 1 aliphatic rings. The van der Waals surface area contributed by atoms with E-state index in [0.717, 1.165) is 38.3 Å². The first kappa shape index (κ1) is 18.1. The van der Waals surface area contributed by atoms with Gasteiger partial charge in [0.1, 0.15) is 5.76 Å². The molecule has 2 heteroatoms. The van der Waals surface area contributed by atoms with Gasteiger partial charge in [-0.15, -0.1) is 0 Å². The molecule has 0 heterocycles. The molecule has 0 atom stereocenters. The predicted octanol–water partition coefficient (Wildman–Crippen LogP) is 4.37. The molecule has 0 radical (unpaired) electrons. The van der Waals surface area contributed by atoms with Crippen molar-refractivity contribution in [2.45, 2.75) is 6.42 Å². The van der Waals surface area contributed by atoms with Gasteiger partial charge in [0, 0.05) is 21.9 Å². The molecule has 0 unspecified atom stereocenters. The van der Waals surface area contributed by atoms with Crippen LogP contribution in [0.5, 0.6) is 0 Å². The number of fused-ring (bicyclic) bond motifs is 2. The lowest BCUT2D eigenvalue weighted by atomic mass is 9.86. The first-order valence-electron chi connectivity index (χ1n) is 10.0. The molecule has 0 saturated carbocycles. The van der Waals surface area contributed by atoms with E-state index in [2.05, 4.69) is 12.1 Å². The van der Waals surface area contributed by atoms with E-state index in [1.807, 2.05) is 91.0 Å². The van der Waals surface area contributed by atoms with Crippen LogP contribution in [-0.2, 0) is 6.42 Å². The Kier molecular flexibility index (Phi) is 4.53. The van der Waals surface area contributed by atoms with Crippen LogP contribution >= 0.6 is 0 Å². The van der Waals surface area contributed by atoms with Crippen molar-refractivity contribution < 1.29 is 9.90 Å². The van der Waals surface area contributed by atoms with Crippen molar-refractivity contribution in [3.8, 4) is 0 Å². The van der Waals surface area contributed by atoms with Gasteiger partial charge in [-0.2, -0.15) is 0 Å². The van der Waals surface area contributed by atoms with Gasteiger partial charge in [0.2, 0.25) is 0 Å². The van der Waals surface area contributed by atoms with Crippen LogP contribution in [0.4, 0.5) is 0 Å². The number of carbonyl (C=O) groups excluding carboxylic acids is 1. The zero-order valence-corrected chi connectivity index (χ0v) is 16.4. The Labute approximate surface area is 175 Å². The fraction of sp³-hybridized carbons (Fsp3) is 0.0357. The molecule has 30 heavy (non-hydrogen) atoms. The van der Waals surface area contributed by atoms with Gasteiger partial charge >= 0.3 is 0 Å². The van der Waals surface area contributed by atoms with E-state index >= 15 is 0 Å². The summed E-state index contributed by atoms with van der Waals surface area (Å²) in [5, 5.41) is 12.7. The van der Waals surface area contributed by atoms with Crippen LogP contribution in [-0.4, -0.2) is 10.9 Å². The van der Waals surface area contributed by atoms with Crippen molar-refractivity contribution in [1.82, 2.24) is 0 Å². The Hall–Kier alpha value is -3.91. The Bertz CT molecular complexity index is 1370. The summed E-state index contributed by atoms with van der Waals surface area (Å²) < 4.78 is 0. The largest absolute Gasteiger partial charge is 0.507 e. The third kappa shape index (κ3) is 3.13. The minimum atomic E-state index is 0.0409. The molecule has 0 amide bonds. The molecule has 4 aromatic carbocycles. The van der Waals surface area contributed by atoms with E-state index < -0.39 is 0 Å². The van der Waals surface area contributed by atoms with Gasteiger partial charge in [0.25, 0.3) is 0 Å². The Morgan fingerprint density at radius 2 is 1.37 bits per heavy atom. The smallest absolute Gasteiger partial charge is 0.193 e. The fourth-order valence-corrected chi connectivity index (χ4v) is 4.14. The molecule has 0 fully saturated rings. The molecule has 0 spiro atoms. The van der Waals surface area contributed by atoms with Crippen LogP contribution in [0.1, 0.15) is 38.2 Å². The summed E-state index contributed by atoms with van der Waals surface area (Å²) >= 11 is 0. The van der Waals surface area contributed by atoms with Crippen molar-refractivity contribution in [2.75, 3.05) is 0 Å². The summed E-state index contributed by atoms with van der Waals surface area (Å²) in [5.41, 5.74) is 5.39. The second-order valence-electron chi connectivity index (χ2n) is 7.48. The summed E-state index contributed by atoms with van der Waals surface area (Å²) in [7, 11) is 0. The van der Waals surface area contributed by atoms with E-state index in [4.69, 9.17) is 0 Å². The van der Waals surface area contributed by atoms with E-state index in [-0.39, 0.29) is 11.5 Å². The maximum atomic E-state index is 13.1. The van der Waals surface area contributed by atoms with E-state index in [9.17, 15) is 9.90 Å². The molecule has 144 valence electrons. The Balaban J connectivity index is 1.70. The minimum Gasteiger partial charge on any atom is -0.507 e. The lowest BCUT2D eigenvalue weighted by Crippen LogP contribution is -2.33. The van der Waals surface area contributed by atoms with E-state index in [1.165, 1.54) is 0 Å². The summed E-state index contributed by atoms with van der Waals surface area (Å²) in [4.78, 5) is 13.1. The van der Waals surface area contributed by atoms with Gasteiger partial charge < -0.3 is 5.11 Å². The van der Waals surface area contributed by atoms with Crippen molar-refractivity contribution in [2.24, 2.45) is 0 Å². The normalized spacial score (nSPS) is 12.9. The number of aliphatic hydroxyl groups excluding tert-OH is 1. The lowest BCUT2D eigenvalue weighted by molar-refractivity contribution is 0.103. The third-order valence-corrected chi connectivity index (χ3v) is 5.66. The van der Waals surface area contributed by atoms with Crippen molar-refractivity contribution in [3.63, 3.8) is 0 Å². The lowest BCUT2D eigenvalue weighted by Gasteiger charge is -2.18. The van der Waals surface area contributed by atoms with Crippen molar-refractivity contribution in [1.29, 1.82) is 0 Å². The quantitative estimate of drug-likeness (QED) is 0.466. The molecule has 0 aromatic heterocycles. The van der Waals surface area contributed by atoms with Crippen LogP contribution in [0.2, 0.25) is 0 Å². The third-order valence-electron chi connectivity index (χ3n) is 5.66. The van der Waals surface area contributed by atoms with Crippen LogP contribution in [0, 0.1) is 0 Å². The van der Waals surface area contributed by atoms with Gasteiger partial charge in [0.15, 0.2) is 5.78 Å². The maximum Gasteiger partial charge on any atom is 0.193 e. The van der Waals surface area contributed by atoms with Crippen LogP contribution in [0.25, 0.3) is 11.8 Å². The number of hydrogen-bond donors (Lipinski definition) is 1. The van der Waals surface area contributed by atoms with Crippen LogP contribution in [0.3, 0.4) is 0 Å². The number of carbonyl (C=O) groups is 1. The Morgan fingerprint density at radius 1 is 0.700 bits per heavy atom. The molecule has 1 N–H and O–H groups in total. The number of ketones is 1. The SMILES string of the molecule is O=C(c1ccccc1)c1cccc2c1Cc1ccc/c(=C(\O)c3ccccc3)c1=C2. The second-order valence-corrected chi connectivity index (χ2v) is 7.48. The Morgan fingerprint density at radius 3 is 2.10 bits per heavy atom. The number of hydrogen-bond acceptors (Lipinski definition) is 2. The van der Waals surface area contributed by atoms with Crippen molar-refractivity contribution in [3.05, 3.63) is 141 Å². The fourth-order valence-electron chi connectivity index (χ4n) is 4.14. The molecule has 5 rings (SSSR count). The number of rotatable bonds is 3. The van der Waals surface area contributed by atoms with E-state index in [1.54, 1.807) is 0 Å². The number of benzene rings is 4. The van der Waals surface area contributed by atoms with Crippen LogP contribution < -0.4 is 10.4 Å². The zero-order chi connectivity index (χ0) is 20.5. The second kappa shape index (κ2) is 7.49. The molecule has 2 nitrogen and oxygen atoms in total. The molecule has 1 aliphatic carbocycles. The topological polar surface area (TPSA) is 37.3 Å². The van der Waals surface area contributed by atoms with Gasteiger partial charge in [-0.3, -0.25) is 4.79 Å². The molecule has 0 bridgehead atoms. The molecule has 4 aromatic rings. The predicted molar refractivity (Wildman–Crippen MR) is 120 cm³/mol. The molecular weight excluding hydrogens is 368 g/mol. The highest BCUT2D eigenvalue weighted by atomic mass is 16.3. The van der Waals surface area contributed by atoms with E-state index in [0.29, 0.717) is 12.0 Å². The summed E-state index contributed by atoms with van der Waals surface area (Å²) in [6, 6.07) is 30.8. The highest BCUT2D eigenvalue weighted by Crippen LogP contribution is 2.24.